The van der Waals surface area contributed by atoms with Crippen molar-refractivity contribution in [3.63, 3.8) is 0 Å². The van der Waals surface area contributed by atoms with E-state index in [-0.39, 0.29) is 6.10 Å². The van der Waals surface area contributed by atoms with Crippen molar-refractivity contribution in [3.05, 3.63) is 59.7 Å². The number of aliphatic hydroxyl groups is 1. The van der Waals surface area contributed by atoms with E-state index in [4.69, 9.17) is 9.47 Å². The molecule has 0 unspecified atom stereocenters. The first-order valence-electron chi connectivity index (χ1n) is 7.98. The summed E-state index contributed by atoms with van der Waals surface area (Å²) in [5.41, 5.74) is 2.30. The molecule has 0 bridgehead atoms. The molecule has 23 heavy (non-hydrogen) atoms. The third-order valence-electron chi connectivity index (χ3n) is 4.12. The second-order valence-corrected chi connectivity index (χ2v) is 5.94. The van der Waals surface area contributed by atoms with E-state index in [1.54, 1.807) is 7.11 Å². The van der Waals surface area contributed by atoms with Crippen LogP contribution in [0.4, 0.5) is 0 Å². The molecule has 0 radical (unpaired) electrons. The van der Waals surface area contributed by atoms with Gasteiger partial charge in [0, 0.05) is 19.6 Å². The third kappa shape index (κ3) is 4.24. The van der Waals surface area contributed by atoms with Gasteiger partial charge in [-0.3, -0.25) is 4.90 Å². The lowest BCUT2D eigenvalue weighted by Gasteiger charge is -2.17. The van der Waals surface area contributed by atoms with E-state index in [0.29, 0.717) is 6.61 Å². The van der Waals surface area contributed by atoms with Gasteiger partial charge in [-0.05, 0) is 29.7 Å². The van der Waals surface area contributed by atoms with E-state index in [0.717, 1.165) is 43.1 Å². The number of benzene rings is 2. The number of hydrogen-bond acceptors (Lipinski definition) is 4. The zero-order chi connectivity index (χ0) is 16.1. The SMILES string of the molecule is COc1cc(CN2CC[C@@H](O)C2)ccc1OCc1ccccc1. The summed E-state index contributed by atoms with van der Waals surface area (Å²) in [5, 5.41) is 9.61. The molecule has 1 aliphatic heterocycles. The van der Waals surface area contributed by atoms with Gasteiger partial charge in [0.1, 0.15) is 6.61 Å². The van der Waals surface area contributed by atoms with E-state index < -0.39 is 0 Å². The Balaban J connectivity index is 1.64. The summed E-state index contributed by atoms with van der Waals surface area (Å²) in [4.78, 5) is 2.25. The van der Waals surface area contributed by atoms with Gasteiger partial charge in [0.2, 0.25) is 0 Å². The van der Waals surface area contributed by atoms with Crippen molar-refractivity contribution in [2.45, 2.75) is 25.7 Å². The largest absolute Gasteiger partial charge is 0.493 e. The summed E-state index contributed by atoms with van der Waals surface area (Å²) in [6.45, 7) is 3.03. The molecule has 2 aromatic rings. The van der Waals surface area contributed by atoms with Gasteiger partial charge in [-0.25, -0.2) is 0 Å². The van der Waals surface area contributed by atoms with Crippen molar-refractivity contribution < 1.29 is 14.6 Å². The van der Waals surface area contributed by atoms with E-state index >= 15 is 0 Å². The lowest BCUT2D eigenvalue weighted by molar-refractivity contribution is 0.174. The molecular weight excluding hydrogens is 290 g/mol. The quantitative estimate of drug-likeness (QED) is 0.890. The van der Waals surface area contributed by atoms with Crippen LogP contribution in [-0.4, -0.2) is 36.3 Å². The van der Waals surface area contributed by atoms with Gasteiger partial charge in [0.25, 0.3) is 0 Å². The molecule has 1 N–H and O–H groups in total. The number of nitrogens with zero attached hydrogens (tertiary/aromatic N) is 1. The summed E-state index contributed by atoms with van der Waals surface area (Å²) in [7, 11) is 1.66. The van der Waals surface area contributed by atoms with Gasteiger partial charge in [-0.15, -0.1) is 0 Å². The molecule has 1 aliphatic rings. The monoisotopic (exact) mass is 313 g/mol. The topological polar surface area (TPSA) is 41.9 Å². The van der Waals surface area contributed by atoms with Crippen LogP contribution in [0.25, 0.3) is 0 Å². The zero-order valence-corrected chi connectivity index (χ0v) is 13.4. The van der Waals surface area contributed by atoms with Crippen LogP contribution in [0.15, 0.2) is 48.5 Å². The van der Waals surface area contributed by atoms with Crippen LogP contribution in [0.2, 0.25) is 0 Å². The van der Waals surface area contributed by atoms with Crippen molar-refractivity contribution in [1.29, 1.82) is 0 Å². The van der Waals surface area contributed by atoms with Gasteiger partial charge < -0.3 is 14.6 Å². The maximum absolute atomic E-state index is 9.61. The summed E-state index contributed by atoms with van der Waals surface area (Å²) in [6.07, 6.45) is 0.667. The molecule has 1 heterocycles. The second kappa shape index (κ2) is 7.49. The minimum Gasteiger partial charge on any atom is -0.493 e. The summed E-state index contributed by atoms with van der Waals surface area (Å²) < 4.78 is 11.3. The minimum absolute atomic E-state index is 0.189. The molecule has 0 saturated carbocycles. The highest BCUT2D eigenvalue weighted by atomic mass is 16.5. The van der Waals surface area contributed by atoms with Crippen LogP contribution in [0, 0.1) is 0 Å². The fraction of sp³-hybridized carbons (Fsp3) is 0.368. The smallest absolute Gasteiger partial charge is 0.161 e. The molecule has 1 fully saturated rings. The first-order chi connectivity index (χ1) is 11.2. The predicted molar refractivity (Wildman–Crippen MR) is 89.7 cm³/mol. The van der Waals surface area contributed by atoms with Crippen LogP contribution in [0.1, 0.15) is 17.5 Å². The highest BCUT2D eigenvalue weighted by molar-refractivity contribution is 5.43. The van der Waals surface area contributed by atoms with Crippen molar-refractivity contribution in [1.82, 2.24) is 4.90 Å². The molecular formula is C19H23NO3. The maximum Gasteiger partial charge on any atom is 0.161 e. The van der Waals surface area contributed by atoms with E-state index in [1.165, 1.54) is 5.56 Å². The highest BCUT2D eigenvalue weighted by Gasteiger charge is 2.20. The fourth-order valence-corrected chi connectivity index (χ4v) is 2.88. The Hall–Kier alpha value is -2.04. The zero-order valence-electron chi connectivity index (χ0n) is 13.4. The summed E-state index contributed by atoms with van der Waals surface area (Å²) in [5.74, 6) is 1.50. The maximum atomic E-state index is 9.61. The Labute approximate surface area is 137 Å². The average Bonchev–Trinajstić information content (AvgIpc) is 2.99. The van der Waals surface area contributed by atoms with Crippen LogP contribution in [0.3, 0.4) is 0 Å². The average molecular weight is 313 g/mol. The number of rotatable bonds is 6. The molecule has 1 saturated heterocycles. The van der Waals surface area contributed by atoms with Gasteiger partial charge in [-0.2, -0.15) is 0 Å². The molecule has 0 spiro atoms. The Morgan fingerprint density at radius 1 is 1.09 bits per heavy atom. The van der Waals surface area contributed by atoms with Crippen molar-refractivity contribution >= 4 is 0 Å². The van der Waals surface area contributed by atoms with Gasteiger partial charge >= 0.3 is 0 Å². The standard InChI is InChI=1S/C19H23NO3/c1-22-19-11-16(12-20-10-9-17(21)13-20)7-8-18(19)23-14-15-5-3-2-4-6-15/h2-8,11,17,21H,9-10,12-14H2,1H3/t17-/m1/s1. The number of methoxy groups -OCH3 is 1. The summed E-state index contributed by atoms with van der Waals surface area (Å²) >= 11 is 0. The first-order valence-corrected chi connectivity index (χ1v) is 7.98. The van der Waals surface area contributed by atoms with E-state index in [2.05, 4.69) is 11.0 Å². The lowest BCUT2D eigenvalue weighted by atomic mass is 10.2. The molecule has 1 atom stereocenters. The van der Waals surface area contributed by atoms with Crippen LogP contribution >= 0.6 is 0 Å². The molecule has 0 aromatic heterocycles. The number of aliphatic hydroxyl groups excluding tert-OH is 1. The van der Waals surface area contributed by atoms with Gasteiger partial charge in [0.15, 0.2) is 11.5 Å². The summed E-state index contributed by atoms with van der Waals surface area (Å²) in [6, 6.07) is 16.1. The van der Waals surface area contributed by atoms with Gasteiger partial charge in [-0.1, -0.05) is 36.4 Å². The Morgan fingerprint density at radius 3 is 2.61 bits per heavy atom. The third-order valence-corrected chi connectivity index (χ3v) is 4.12. The normalized spacial score (nSPS) is 18.1. The number of hydrogen-bond donors (Lipinski definition) is 1. The van der Waals surface area contributed by atoms with Crippen LogP contribution < -0.4 is 9.47 Å². The molecule has 2 aromatic carbocycles. The number of likely N-dealkylation sites (tertiary alicyclic amines) is 1. The molecule has 4 nitrogen and oxygen atoms in total. The fourth-order valence-electron chi connectivity index (χ4n) is 2.88. The van der Waals surface area contributed by atoms with Crippen molar-refractivity contribution in [2.24, 2.45) is 0 Å². The Morgan fingerprint density at radius 2 is 1.91 bits per heavy atom. The Kier molecular flexibility index (Phi) is 5.16. The van der Waals surface area contributed by atoms with Crippen molar-refractivity contribution in [2.75, 3.05) is 20.2 Å². The van der Waals surface area contributed by atoms with E-state index in [1.807, 2.05) is 42.5 Å². The second-order valence-electron chi connectivity index (χ2n) is 5.94. The first kappa shape index (κ1) is 15.8. The molecule has 122 valence electrons. The Bertz CT molecular complexity index is 630. The molecule has 0 aliphatic carbocycles. The predicted octanol–water partition coefficient (Wildman–Crippen LogP) is 2.84. The highest BCUT2D eigenvalue weighted by Crippen LogP contribution is 2.29. The molecule has 4 heteroatoms. The molecule has 3 rings (SSSR count). The van der Waals surface area contributed by atoms with Crippen LogP contribution in [0.5, 0.6) is 11.5 Å². The van der Waals surface area contributed by atoms with Gasteiger partial charge in [0.05, 0.1) is 13.2 Å². The number of ether oxygens (including phenoxy) is 2. The minimum atomic E-state index is -0.189. The molecule has 0 amide bonds. The lowest BCUT2D eigenvalue weighted by Crippen LogP contribution is -2.21. The number of β-amino-alcohol motifs (C(OH)–C–C–N with tert-alkyl or cyclic N) is 1. The van der Waals surface area contributed by atoms with Crippen molar-refractivity contribution in [3.8, 4) is 11.5 Å². The van der Waals surface area contributed by atoms with Crippen LogP contribution in [-0.2, 0) is 13.2 Å². The van der Waals surface area contributed by atoms with E-state index in [9.17, 15) is 5.11 Å².